The Kier molecular flexibility index (Phi) is 1.78. The highest BCUT2D eigenvalue weighted by Gasteiger charge is 2.15. The van der Waals surface area contributed by atoms with Gasteiger partial charge in [-0.05, 0) is 29.7 Å². The molecule has 0 saturated heterocycles. The highest BCUT2D eigenvalue weighted by molar-refractivity contribution is 5.85. The maximum atomic E-state index is 3.46. The molecule has 74 valence electrons. The molecule has 2 aromatic rings. The molecule has 1 aliphatic rings. The van der Waals surface area contributed by atoms with Crippen molar-refractivity contribution in [2.45, 2.75) is 13.5 Å². The summed E-state index contributed by atoms with van der Waals surface area (Å²) in [6, 6.07) is 15.0. The summed E-state index contributed by atoms with van der Waals surface area (Å²) < 4.78 is 0. The number of nitrogens with one attached hydrogen (secondary N) is 1. The summed E-state index contributed by atoms with van der Waals surface area (Å²) >= 11 is 0. The number of aryl methyl sites for hydroxylation is 1. The standard InChI is InChI=1S/C14H13N/c1-10-5-4-8-13-14(10)12-7-3-2-6-11(12)9-15-13/h2-8,15H,9H2,1H3. The predicted molar refractivity (Wildman–Crippen MR) is 63.9 cm³/mol. The molecule has 0 bridgehead atoms. The van der Waals surface area contributed by atoms with Crippen molar-refractivity contribution < 1.29 is 0 Å². The van der Waals surface area contributed by atoms with Crippen LogP contribution in [0.4, 0.5) is 5.69 Å². The second kappa shape index (κ2) is 3.13. The lowest BCUT2D eigenvalue weighted by atomic mass is 9.91. The number of fused-ring (bicyclic) bond motifs is 3. The largest absolute Gasteiger partial charge is 0.380 e. The average Bonchev–Trinajstić information content (AvgIpc) is 2.29. The number of hydrogen-bond acceptors (Lipinski definition) is 1. The van der Waals surface area contributed by atoms with Gasteiger partial charge in [0.2, 0.25) is 0 Å². The molecule has 0 atom stereocenters. The first kappa shape index (κ1) is 8.54. The van der Waals surface area contributed by atoms with Crippen molar-refractivity contribution in [3.05, 3.63) is 53.6 Å². The van der Waals surface area contributed by atoms with Gasteiger partial charge in [-0.1, -0.05) is 36.4 Å². The number of anilines is 1. The molecule has 2 aromatic carbocycles. The summed E-state index contributed by atoms with van der Waals surface area (Å²) in [6.07, 6.45) is 0. The zero-order chi connectivity index (χ0) is 10.3. The highest BCUT2D eigenvalue weighted by Crippen LogP contribution is 2.37. The lowest BCUT2D eigenvalue weighted by molar-refractivity contribution is 1.12. The first-order valence-electron chi connectivity index (χ1n) is 5.28. The van der Waals surface area contributed by atoms with Gasteiger partial charge in [0.1, 0.15) is 0 Å². The maximum absolute atomic E-state index is 3.46. The minimum atomic E-state index is 0.937. The zero-order valence-electron chi connectivity index (χ0n) is 8.75. The summed E-state index contributed by atoms with van der Waals surface area (Å²) in [5, 5.41) is 3.46. The van der Waals surface area contributed by atoms with Crippen molar-refractivity contribution in [1.29, 1.82) is 0 Å². The Balaban J connectivity index is 2.33. The van der Waals surface area contributed by atoms with E-state index in [-0.39, 0.29) is 0 Å². The maximum Gasteiger partial charge on any atom is 0.0425 e. The highest BCUT2D eigenvalue weighted by atomic mass is 14.9. The Morgan fingerprint density at radius 3 is 2.80 bits per heavy atom. The quantitative estimate of drug-likeness (QED) is 0.677. The molecule has 1 N–H and O–H groups in total. The van der Waals surface area contributed by atoms with Crippen LogP contribution >= 0.6 is 0 Å². The Morgan fingerprint density at radius 2 is 1.87 bits per heavy atom. The van der Waals surface area contributed by atoms with E-state index in [0.717, 1.165) is 6.54 Å². The van der Waals surface area contributed by atoms with E-state index in [1.54, 1.807) is 0 Å². The molecule has 1 aliphatic heterocycles. The van der Waals surface area contributed by atoms with E-state index >= 15 is 0 Å². The molecule has 0 radical (unpaired) electrons. The van der Waals surface area contributed by atoms with E-state index in [1.165, 1.54) is 27.9 Å². The van der Waals surface area contributed by atoms with E-state index in [4.69, 9.17) is 0 Å². The Labute approximate surface area is 89.8 Å². The van der Waals surface area contributed by atoms with E-state index in [2.05, 4.69) is 54.7 Å². The molecule has 0 amide bonds. The van der Waals surface area contributed by atoms with Crippen LogP contribution in [0.3, 0.4) is 0 Å². The van der Waals surface area contributed by atoms with Gasteiger partial charge < -0.3 is 5.32 Å². The van der Waals surface area contributed by atoms with Crippen LogP contribution in [-0.4, -0.2) is 0 Å². The van der Waals surface area contributed by atoms with E-state index in [1.807, 2.05) is 0 Å². The fourth-order valence-corrected chi connectivity index (χ4v) is 2.28. The molecule has 1 heterocycles. The number of hydrogen-bond donors (Lipinski definition) is 1. The van der Waals surface area contributed by atoms with Gasteiger partial charge in [0.15, 0.2) is 0 Å². The summed E-state index contributed by atoms with van der Waals surface area (Å²) in [6.45, 7) is 3.11. The van der Waals surface area contributed by atoms with E-state index in [0.29, 0.717) is 0 Å². The molecular weight excluding hydrogens is 182 g/mol. The van der Waals surface area contributed by atoms with E-state index in [9.17, 15) is 0 Å². The molecule has 15 heavy (non-hydrogen) atoms. The lowest BCUT2D eigenvalue weighted by Crippen LogP contribution is -2.09. The molecule has 1 nitrogen and oxygen atoms in total. The minimum Gasteiger partial charge on any atom is -0.380 e. The van der Waals surface area contributed by atoms with Crippen LogP contribution < -0.4 is 5.32 Å². The first-order valence-corrected chi connectivity index (χ1v) is 5.28. The topological polar surface area (TPSA) is 12.0 Å². The molecule has 0 spiro atoms. The summed E-state index contributed by atoms with van der Waals surface area (Å²) in [7, 11) is 0. The van der Waals surface area contributed by atoms with Crippen LogP contribution in [0.25, 0.3) is 11.1 Å². The minimum absolute atomic E-state index is 0.937. The monoisotopic (exact) mass is 195 g/mol. The normalized spacial score (nSPS) is 12.6. The molecule has 0 aromatic heterocycles. The molecule has 0 fully saturated rings. The van der Waals surface area contributed by atoms with Gasteiger partial charge in [0.25, 0.3) is 0 Å². The van der Waals surface area contributed by atoms with Crippen LogP contribution in [0.15, 0.2) is 42.5 Å². The van der Waals surface area contributed by atoms with Gasteiger partial charge in [-0.3, -0.25) is 0 Å². The van der Waals surface area contributed by atoms with Gasteiger partial charge in [-0.2, -0.15) is 0 Å². The summed E-state index contributed by atoms with van der Waals surface area (Å²) in [4.78, 5) is 0. The molecule has 0 saturated carbocycles. The van der Waals surface area contributed by atoms with Crippen molar-refractivity contribution in [1.82, 2.24) is 0 Å². The Bertz CT molecular complexity index is 514. The van der Waals surface area contributed by atoms with Crippen LogP contribution in [0.1, 0.15) is 11.1 Å². The van der Waals surface area contributed by atoms with Gasteiger partial charge in [0, 0.05) is 17.8 Å². The SMILES string of the molecule is Cc1cccc2c1-c1ccccc1CN2. The molecule has 1 heteroatoms. The number of rotatable bonds is 0. The van der Waals surface area contributed by atoms with E-state index < -0.39 is 0 Å². The molecule has 3 rings (SSSR count). The van der Waals surface area contributed by atoms with Crippen molar-refractivity contribution in [2.24, 2.45) is 0 Å². The van der Waals surface area contributed by atoms with Gasteiger partial charge in [-0.25, -0.2) is 0 Å². The second-order valence-electron chi connectivity index (χ2n) is 4.01. The third kappa shape index (κ3) is 1.23. The van der Waals surface area contributed by atoms with Crippen molar-refractivity contribution in [3.63, 3.8) is 0 Å². The summed E-state index contributed by atoms with van der Waals surface area (Å²) in [5.74, 6) is 0. The first-order chi connectivity index (χ1) is 7.36. The van der Waals surface area contributed by atoms with Crippen LogP contribution in [0.2, 0.25) is 0 Å². The van der Waals surface area contributed by atoms with Crippen molar-refractivity contribution in [3.8, 4) is 11.1 Å². The summed E-state index contributed by atoms with van der Waals surface area (Å²) in [5.41, 5.74) is 6.73. The van der Waals surface area contributed by atoms with Crippen LogP contribution in [0, 0.1) is 6.92 Å². The number of benzene rings is 2. The molecule has 0 aliphatic carbocycles. The van der Waals surface area contributed by atoms with Gasteiger partial charge in [-0.15, -0.1) is 0 Å². The Hall–Kier alpha value is -1.76. The fourth-order valence-electron chi connectivity index (χ4n) is 2.28. The van der Waals surface area contributed by atoms with Crippen LogP contribution in [-0.2, 0) is 6.54 Å². The second-order valence-corrected chi connectivity index (χ2v) is 4.01. The Morgan fingerprint density at radius 1 is 1.00 bits per heavy atom. The third-order valence-electron chi connectivity index (χ3n) is 3.03. The molecule has 0 unspecified atom stereocenters. The van der Waals surface area contributed by atoms with Crippen molar-refractivity contribution in [2.75, 3.05) is 5.32 Å². The van der Waals surface area contributed by atoms with Gasteiger partial charge in [0.05, 0.1) is 0 Å². The smallest absolute Gasteiger partial charge is 0.0425 e. The fraction of sp³-hybridized carbons (Fsp3) is 0.143. The lowest BCUT2D eigenvalue weighted by Gasteiger charge is -2.23. The van der Waals surface area contributed by atoms with Gasteiger partial charge >= 0.3 is 0 Å². The average molecular weight is 195 g/mol. The van der Waals surface area contributed by atoms with Crippen LogP contribution in [0.5, 0.6) is 0 Å². The predicted octanol–water partition coefficient (Wildman–Crippen LogP) is 3.59. The zero-order valence-corrected chi connectivity index (χ0v) is 8.75. The molecular formula is C14H13N. The third-order valence-corrected chi connectivity index (χ3v) is 3.03. The van der Waals surface area contributed by atoms with Crippen molar-refractivity contribution >= 4 is 5.69 Å².